The third kappa shape index (κ3) is 5.93. The number of benzene rings is 1. The molecule has 0 saturated carbocycles. The standard InChI is InChI=1S/C16H21F3N6O2S2/c1-4-7-14-20-16(28-23-14)22-21-12-9-8-11(25(5-2)6-3)10-13(12)24-29(26,27-19)15(17)18/h8-10,15H,4-7H2,1-3H3. The largest absolute Gasteiger partial charge is 0.372 e. The average molecular weight is 451 g/mol. The van der Waals surface area contributed by atoms with Crippen molar-refractivity contribution in [3.8, 4) is 0 Å². The van der Waals surface area contributed by atoms with Crippen molar-refractivity contribution < 1.29 is 21.9 Å². The van der Waals surface area contributed by atoms with Crippen LogP contribution in [0.2, 0.25) is 0 Å². The molecule has 1 unspecified atom stereocenters. The Morgan fingerprint density at radius 3 is 2.52 bits per heavy atom. The fourth-order valence-corrected chi connectivity index (χ4v) is 3.51. The van der Waals surface area contributed by atoms with Gasteiger partial charge in [-0.25, -0.2) is 9.19 Å². The van der Waals surface area contributed by atoms with Crippen molar-refractivity contribution >= 4 is 43.7 Å². The van der Waals surface area contributed by atoms with Gasteiger partial charge < -0.3 is 4.90 Å². The van der Waals surface area contributed by atoms with E-state index in [2.05, 4.69) is 28.3 Å². The van der Waals surface area contributed by atoms with Crippen molar-refractivity contribution in [2.24, 2.45) is 14.6 Å². The van der Waals surface area contributed by atoms with Crippen molar-refractivity contribution in [2.75, 3.05) is 18.0 Å². The highest BCUT2D eigenvalue weighted by Gasteiger charge is 2.25. The average Bonchev–Trinajstić information content (AvgIpc) is 3.15. The van der Waals surface area contributed by atoms with E-state index in [4.69, 9.17) is 0 Å². The molecule has 160 valence electrons. The van der Waals surface area contributed by atoms with E-state index in [0.717, 1.165) is 18.0 Å². The molecular weight excluding hydrogens is 429 g/mol. The number of azo groups is 1. The molecule has 0 N–H and O–H groups in total. The van der Waals surface area contributed by atoms with Crippen molar-refractivity contribution in [1.29, 1.82) is 0 Å². The molecule has 0 amide bonds. The minimum atomic E-state index is -4.88. The van der Waals surface area contributed by atoms with E-state index in [1.54, 1.807) is 6.07 Å². The van der Waals surface area contributed by atoms with Gasteiger partial charge in [-0.1, -0.05) is 11.3 Å². The zero-order valence-corrected chi connectivity index (χ0v) is 17.7. The predicted octanol–water partition coefficient (Wildman–Crippen LogP) is 5.89. The van der Waals surface area contributed by atoms with Gasteiger partial charge in [0.25, 0.3) is 10.0 Å². The maximum absolute atomic E-state index is 13.0. The maximum atomic E-state index is 13.0. The summed E-state index contributed by atoms with van der Waals surface area (Å²) in [4.78, 5) is 6.09. The molecule has 0 saturated heterocycles. The summed E-state index contributed by atoms with van der Waals surface area (Å²) in [6.07, 6.45) is 1.56. The molecule has 8 nitrogen and oxygen atoms in total. The second-order valence-electron chi connectivity index (χ2n) is 5.72. The fraction of sp³-hybridized carbons (Fsp3) is 0.500. The Morgan fingerprint density at radius 2 is 1.93 bits per heavy atom. The Hall–Kier alpha value is -2.12. The van der Waals surface area contributed by atoms with Crippen LogP contribution in [-0.4, -0.2) is 32.4 Å². The van der Waals surface area contributed by atoms with E-state index < -0.39 is 15.8 Å². The van der Waals surface area contributed by atoms with Crippen LogP contribution in [0.4, 0.5) is 35.5 Å². The van der Waals surface area contributed by atoms with E-state index in [0.29, 0.717) is 31.0 Å². The molecule has 0 aliphatic heterocycles. The number of halogens is 3. The predicted molar refractivity (Wildman–Crippen MR) is 107 cm³/mol. The van der Waals surface area contributed by atoms with E-state index in [1.165, 1.54) is 12.1 Å². The first-order valence-electron chi connectivity index (χ1n) is 8.84. The van der Waals surface area contributed by atoms with E-state index >= 15 is 0 Å². The van der Waals surface area contributed by atoms with E-state index in [1.807, 2.05) is 25.7 Å². The molecule has 0 bridgehead atoms. The van der Waals surface area contributed by atoms with Crippen LogP contribution in [0.1, 0.15) is 33.0 Å². The number of anilines is 1. The van der Waals surface area contributed by atoms with Crippen LogP contribution in [0.25, 0.3) is 0 Å². The first-order valence-corrected chi connectivity index (χ1v) is 11.1. The lowest BCUT2D eigenvalue weighted by atomic mass is 10.2. The second-order valence-corrected chi connectivity index (χ2v) is 8.14. The molecule has 0 spiro atoms. The molecule has 1 aromatic heterocycles. The van der Waals surface area contributed by atoms with Gasteiger partial charge in [0.15, 0.2) is 0 Å². The van der Waals surface area contributed by atoms with Crippen LogP contribution in [0, 0.1) is 0 Å². The van der Waals surface area contributed by atoms with Crippen LogP contribution in [0.15, 0.2) is 32.8 Å². The Balaban J connectivity index is 2.51. The molecule has 0 aliphatic carbocycles. The summed E-state index contributed by atoms with van der Waals surface area (Å²) < 4.78 is 61.0. The third-order valence-corrected chi connectivity index (χ3v) is 5.52. The lowest BCUT2D eigenvalue weighted by Gasteiger charge is -2.21. The molecule has 1 heterocycles. The summed E-state index contributed by atoms with van der Waals surface area (Å²) >= 11 is 1.03. The molecule has 13 heteroatoms. The third-order valence-electron chi connectivity index (χ3n) is 3.80. The number of aryl methyl sites for hydroxylation is 1. The highest BCUT2D eigenvalue weighted by molar-refractivity contribution is 7.89. The summed E-state index contributed by atoms with van der Waals surface area (Å²) in [5.41, 5.74) is 0.390. The van der Waals surface area contributed by atoms with Crippen molar-refractivity contribution in [2.45, 2.75) is 39.4 Å². The Labute approximate surface area is 171 Å². The number of hydrogen-bond acceptors (Lipinski definition) is 9. The molecule has 1 atom stereocenters. The van der Waals surface area contributed by atoms with Crippen LogP contribution in [0.3, 0.4) is 0 Å². The second kappa shape index (κ2) is 10.6. The number of alkyl halides is 2. The fourth-order valence-electron chi connectivity index (χ4n) is 2.38. The topological polar surface area (TPSA) is 92.4 Å². The van der Waals surface area contributed by atoms with Gasteiger partial charge in [0.2, 0.25) is 5.13 Å². The quantitative estimate of drug-likeness (QED) is 0.421. The smallest absolute Gasteiger partial charge is 0.345 e. The zero-order valence-electron chi connectivity index (χ0n) is 16.1. The molecule has 2 aromatic rings. The lowest BCUT2D eigenvalue weighted by molar-refractivity contribution is -0.000950. The maximum Gasteiger partial charge on any atom is 0.345 e. The number of aromatic nitrogens is 2. The van der Waals surface area contributed by atoms with Gasteiger partial charge in [0, 0.05) is 36.7 Å². The lowest BCUT2D eigenvalue weighted by Crippen LogP contribution is -2.21. The highest BCUT2D eigenvalue weighted by atomic mass is 32.2. The van der Waals surface area contributed by atoms with Gasteiger partial charge in [-0.2, -0.15) is 17.5 Å². The molecule has 2 rings (SSSR count). The Morgan fingerprint density at radius 1 is 1.21 bits per heavy atom. The normalized spacial score (nSPS) is 13.8. The minimum absolute atomic E-state index is 0.0126. The molecule has 29 heavy (non-hydrogen) atoms. The van der Waals surface area contributed by atoms with E-state index in [9.17, 15) is 17.5 Å². The minimum Gasteiger partial charge on any atom is -0.372 e. The number of rotatable bonds is 10. The number of hydrogen-bond donors (Lipinski definition) is 0. The van der Waals surface area contributed by atoms with Gasteiger partial charge in [0.1, 0.15) is 17.2 Å². The number of nitrogens with zero attached hydrogens (tertiary/aromatic N) is 6. The van der Waals surface area contributed by atoms with Gasteiger partial charge >= 0.3 is 5.76 Å². The summed E-state index contributed by atoms with van der Waals surface area (Å²) in [5.74, 6) is -3.02. The van der Waals surface area contributed by atoms with Crippen LogP contribution in [0.5, 0.6) is 0 Å². The Bertz CT molecular complexity index is 956. The molecular formula is C16H21F3N6O2S2. The summed E-state index contributed by atoms with van der Waals surface area (Å²) in [6, 6.07) is 4.53. The van der Waals surface area contributed by atoms with Crippen molar-refractivity contribution in [1.82, 2.24) is 9.36 Å². The molecule has 0 aliphatic rings. The SMILES string of the molecule is CCCc1nsc(N=Nc2ccc(N(CC)CC)cc2N=S(=O)(OF)C(F)F)n1. The monoisotopic (exact) mass is 450 g/mol. The molecule has 0 radical (unpaired) electrons. The van der Waals surface area contributed by atoms with Gasteiger partial charge in [-0.3, -0.25) is 0 Å². The summed E-state index contributed by atoms with van der Waals surface area (Å²) in [7, 11) is -4.88. The van der Waals surface area contributed by atoms with Crippen molar-refractivity contribution in [3.63, 3.8) is 0 Å². The highest BCUT2D eigenvalue weighted by Crippen LogP contribution is 2.36. The van der Waals surface area contributed by atoms with Crippen molar-refractivity contribution in [3.05, 3.63) is 24.0 Å². The zero-order chi connectivity index (χ0) is 21.4. The van der Waals surface area contributed by atoms with Gasteiger partial charge in [0.05, 0.1) is 0 Å². The van der Waals surface area contributed by atoms with Gasteiger partial charge in [-0.05, 0) is 43.0 Å². The van der Waals surface area contributed by atoms with Gasteiger partial charge in [-0.15, -0.1) is 10.2 Å². The van der Waals surface area contributed by atoms with E-state index in [-0.39, 0.29) is 16.5 Å². The first kappa shape index (κ1) is 23.2. The Kier molecular flexibility index (Phi) is 8.46. The summed E-state index contributed by atoms with van der Waals surface area (Å²) in [6.45, 7) is 7.06. The van der Waals surface area contributed by atoms with Crippen LogP contribution < -0.4 is 4.90 Å². The first-order chi connectivity index (χ1) is 13.9. The summed E-state index contributed by atoms with van der Waals surface area (Å²) in [5, 5.41) is 8.16. The molecule has 1 aromatic carbocycles. The van der Waals surface area contributed by atoms with Crippen LogP contribution in [-0.2, 0) is 20.8 Å². The molecule has 0 fully saturated rings. The van der Waals surface area contributed by atoms with Crippen LogP contribution >= 0.6 is 11.5 Å².